The van der Waals surface area contributed by atoms with E-state index in [2.05, 4.69) is 5.32 Å². The van der Waals surface area contributed by atoms with Crippen LogP contribution in [0.5, 0.6) is 0 Å². The molecule has 0 saturated heterocycles. The van der Waals surface area contributed by atoms with Crippen molar-refractivity contribution in [2.45, 2.75) is 46.1 Å². The van der Waals surface area contributed by atoms with E-state index in [9.17, 15) is 13.2 Å². The van der Waals surface area contributed by atoms with E-state index in [-0.39, 0.29) is 30.8 Å². The minimum atomic E-state index is -3.44. The normalized spacial score (nSPS) is 11.8. The molecule has 22 heavy (non-hydrogen) atoms. The zero-order valence-electron chi connectivity index (χ0n) is 14.0. The Kier molecular flexibility index (Phi) is 6.41. The van der Waals surface area contributed by atoms with Gasteiger partial charge >= 0.3 is 0 Å². The van der Waals surface area contributed by atoms with Crippen LogP contribution >= 0.6 is 0 Å². The average Bonchev–Trinajstić information content (AvgIpc) is 2.36. The third-order valence-corrected chi connectivity index (χ3v) is 4.40. The van der Waals surface area contributed by atoms with Crippen LogP contribution in [0.1, 0.15) is 45.6 Å². The van der Waals surface area contributed by atoms with Gasteiger partial charge in [0.1, 0.15) is 0 Å². The summed E-state index contributed by atoms with van der Waals surface area (Å²) in [6, 6.07) is 7.46. The molecule has 0 heterocycles. The third-order valence-electron chi connectivity index (χ3n) is 3.22. The molecule has 0 aliphatic heterocycles. The van der Waals surface area contributed by atoms with Crippen molar-refractivity contribution in [3.05, 3.63) is 29.8 Å². The highest BCUT2D eigenvalue weighted by Gasteiger charge is 2.22. The minimum absolute atomic E-state index is 0.0436. The Hall–Kier alpha value is -1.56. The summed E-state index contributed by atoms with van der Waals surface area (Å²) >= 11 is 0. The van der Waals surface area contributed by atoms with Crippen LogP contribution in [0.25, 0.3) is 0 Å². The molecule has 0 aliphatic carbocycles. The van der Waals surface area contributed by atoms with Crippen LogP contribution in [0.4, 0.5) is 5.69 Å². The number of hydrogen-bond acceptors (Lipinski definition) is 3. The standard InChI is InChI=1S/C16H26N2O3S/c1-12(2)14-8-6-7-9-15(14)18(22(5,20)21)11-10-16(19)17-13(3)4/h6-9,12-13H,10-11H2,1-5H3,(H,17,19). The van der Waals surface area contributed by atoms with Gasteiger partial charge in [-0.05, 0) is 31.4 Å². The molecule has 1 amide bonds. The van der Waals surface area contributed by atoms with Gasteiger partial charge in [0.25, 0.3) is 0 Å². The van der Waals surface area contributed by atoms with Crippen molar-refractivity contribution in [1.29, 1.82) is 0 Å². The first kappa shape index (κ1) is 18.5. The van der Waals surface area contributed by atoms with Gasteiger partial charge in [0.05, 0.1) is 11.9 Å². The van der Waals surface area contributed by atoms with Crippen molar-refractivity contribution in [2.24, 2.45) is 0 Å². The molecule has 0 radical (unpaired) electrons. The van der Waals surface area contributed by atoms with Gasteiger partial charge in [0.15, 0.2) is 0 Å². The summed E-state index contributed by atoms with van der Waals surface area (Å²) in [7, 11) is -3.44. The zero-order chi connectivity index (χ0) is 16.9. The van der Waals surface area contributed by atoms with Crippen LogP contribution in [0.15, 0.2) is 24.3 Å². The average molecular weight is 326 g/mol. The molecule has 1 rings (SSSR count). The van der Waals surface area contributed by atoms with Gasteiger partial charge in [0.2, 0.25) is 15.9 Å². The van der Waals surface area contributed by atoms with E-state index >= 15 is 0 Å². The van der Waals surface area contributed by atoms with Crippen LogP contribution in [-0.4, -0.2) is 33.2 Å². The fraction of sp³-hybridized carbons (Fsp3) is 0.562. The Morgan fingerprint density at radius 3 is 2.27 bits per heavy atom. The number of rotatable bonds is 7. The largest absolute Gasteiger partial charge is 0.354 e. The zero-order valence-corrected chi connectivity index (χ0v) is 14.8. The van der Waals surface area contributed by atoms with E-state index in [0.29, 0.717) is 5.69 Å². The lowest BCUT2D eigenvalue weighted by atomic mass is 10.0. The lowest BCUT2D eigenvalue weighted by Gasteiger charge is -2.26. The van der Waals surface area contributed by atoms with E-state index in [1.807, 2.05) is 45.9 Å². The quantitative estimate of drug-likeness (QED) is 0.837. The molecule has 0 fully saturated rings. The molecule has 6 heteroatoms. The molecule has 0 saturated carbocycles. The maximum atomic E-state index is 12.1. The van der Waals surface area contributed by atoms with Crippen molar-refractivity contribution in [2.75, 3.05) is 17.1 Å². The van der Waals surface area contributed by atoms with Crippen molar-refractivity contribution >= 4 is 21.6 Å². The summed E-state index contributed by atoms with van der Waals surface area (Å²) in [5.41, 5.74) is 1.61. The summed E-state index contributed by atoms with van der Waals surface area (Å²) in [5.74, 6) is 0.0515. The van der Waals surface area contributed by atoms with Gasteiger partial charge in [-0.25, -0.2) is 8.42 Å². The first-order valence-electron chi connectivity index (χ1n) is 7.49. The Labute approximate surface area is 133 Å². The van der Waals surface area contributed by atoms with E-state index in [1.165, 1.54) is 10.6 Å². The lowest BCUT2D eigenvalue weighted by molar-refractivity contribution is -0.121. The van der Waals surface area contributed by atoms with Gasteiger partial charge in [-0.3, -0.25) is 9.10 Å². The SMILES string of the molecule is CC(C)NC(=O)CCN(c1ccccc1C(C)C)S(C)(=O)=O. The van der Waals surface area contributed by atoms with E-state index in [4.69, 9.17) is 0 Å². The molecule has 1 N–H and O–H groups in total. The lowest BCUT2D eigenvalue weighted by Crippen LogP contribution is -2.37. The molecular weight excluding hydrogens is 300 g/mol. The number of amides is 1. The Bertz CT molecular complexity index is 610. The van der Waals surface area contributed by atoms with Crippen LogP contribution in [0.3, 0.4) is 0 Å². The van der Waals surface area contributed by atoms with Crippen molar-refractivity contribution < 1.29 is 13.2 Å². The number of benzene rings is 1. The molecule has 0 spiro atoms. The first-order chi connectivity index (χ1) is 10.1. The number of anilines is 1. The van der Waals surface area contributed by atoms with Gasteiger partial charge in [0, 0.05) is 19.0 Å². The van der Waals surface area contributed by atoms with Crippen molar-refractivity contribution in [1.82, 2.24) is 5.32 Å². The fourth-order valence-corrected chi connectivity index (χ4v) is 3.21. The summed E-state index contributed by atoms with van der Waals surface area (Å²) in [6.07, 6.45) is 1.31. The number of para-hydroxylation sites is 1. The highest BCUT2D eigenvalue weighted by Crippen LogP contribution is 2.29. The second-order valence-electron chi connectivity index (χ2n) is 6.02. The highest BCUT2D eigenvalue weighted by molar-refractivity contribution is 7.92. The molecule has 0 aliphatic rings. The van der Waals surface area contributed by atoms with Crippen molar-refractivity contribution in [3.63, 3.8) is 0 Å². The number of nitrogens with zero attached hydrogens (tertiary/aromatic N) is 1. The fourth-order valence-electron chi connectivity index (χ4n) is 2.27. The third kappa shape index (κ3) is 5.33. The molecule has 0 atom stereocenters. The van der Waals surface area contributed by atoms with Gasteiger partial charge in [-0.2, -0.15) is 0 Å². The molecule has 0 bridgehead atoms. The molecule has 124 valence electrons. The first-order valence-corrected chi connectivity index (χ1v) is 9.33. The van der Waals surface area contributed by atoms with Crippen LogP contribution in [0.2, 0.25) is 0 Å². The summed E-state index contributed by atoms with van der Waals surface area (Å²) in [6.45, 7) is 7.93. The number of hydrogen-bond donors (Lipinski definition) is 1. The maximum absolute atomic E-state index is 12.1. The van der Waals surface area contributed by atoms with Gasteiger partial charge in [-0.15, -0.1) is 0 Å². The van der Waals surface area contributed by atoms with E-state index in [0.717, 1.165) is 5.56 Å². The van der Waals surface area contributed by atoms with Crippen LogP contribution in [0, 0.1) is 0 Å². The Morgan fingerprint density at radius 2 is 1.77 bits per heavy atom. The van der Waals surface area contributed by atoms with Crippen LogP contribution in [-0.2, 0) is 14.8 Å². The van der Waals surface area contributed by atoms with Gasteiger partial charge in [-0.1, -0.05) is 32.0 Å². The summed E-state index contributed by atoms with van der Waals surface area (Å²) < 4.78 is 25.6. The number of sulfonamides is 1. The second-order valence-corrected chi connectivity index (χ2v) is 7.93. The highest BCUT2D eigenvalue weighted by atomic mass is 32.2. The molecular formula is C16H26N2O3S. The van der Waals surface area contributed by atoms with Crippen LogP contribution < -0.4 is 9.62 Å². The summed E-state index contributed by atoms with van der Waals surface area (Å²) in [4.78, 5) is 11.8. The summed E-state index contributed by atoms with van der Waals surface area (Å²) in [5, 5.41) is 2.78. The monoisotopic (exact) mass is 326 g/mol. The Morgan fingerprint density at radius 1 is 1.18 bits per heavy atom. The molecule has 0 unspecified atom stereocenters. The molecule has 1 aromatic carbocycles. The van der Waals surface area contributed by atoms with Crippen molar-refractivity contribution in [3.8, 4) is 0 Å². The molecule has 1 aromatic rings. The van der Waals surface area contributed by atoms with Gasteiger partial charge < -0.3 is 5.32 Å². The smallest absolute Gasteiger partial charge is 0.232 e. The molecule has 5 nitrogen and oxygen atoms in total. The van der Waals surface area contributed by atoms with E-state index in [1.54, 1.807) is 6.07 Å². The molecule has 0 aromatic heterocycles. The Balaban J connectivity index is 3.04. The van der Waals surface area contributed by atoms with E-state index < -0.39 is 10.0 Å². The number of nitrogens with one attached hydrogen (secondary N) is 1. The minimum Gasteiger partial charge on any atom is -0.354 e. The number of carbonyl (C=O) groups excluding carboxylic acids is 1. The predicted octanol–water partition coefficient (Wildman–Crippen LogP) is 2.49. The topological polar surface area (TPSA) is 66.5 Å². The number of carbonyl (C=O) groups is 1. The predicted molar refractivity (Wildman–Crippen MR) is 90.6 cm³/mol. The maximum Gasteiger partial charge on any atom is 0.232 e. The second kappa shape index (κ2) is 7.63.